The Kier molecular flexibility index (Phi) is 6.10. The molecule has 0 fully saturated rings. The monoisotopic (exact) mass is 344 g/mol. The van der Waals surface area contributed by atoms with Crippen LogP contribution < -0.4 is 4.74 Å². The first-order valence-electron chi connectivity index (χ1n) is 5.86. The van der Waals surface area contributed by atoms with E-state index < -0.39 is 59.7 Å². The van der Waals surface area contributed by atoms with E-state index in [4.69, 9.17) is 5.11 Å². The van der Waals surface area contributed by atoms with Gasteiger partial charge in [-0.2, -0.15) is 8.78 Å². The Morgan fingerprint density at radius 3 is 1.83 bits per heavy atom. The molecule has 0 bridgehead atoms. The van der Waals surface area contributed by atoms with E-state index in [-0.39, 0.29) is 6.61 Å². The molecule has 1 N–H and O–H groups in total. The van der Waals surface area contributed by atoms with Crippen LogP contribution in [0, 0.1) is 35.0 Å². The Hall–Kier alpha value is -2.59. The van der Waals surface area contributed by atoms with E-state index in [2.05, 4.69) is 14.2 Å². The summed E-state index contributed by atoms with van der Waals surface area (Å²) in [5, 5.41) is 8.23. The van der Waals surface area contributed by atoms with Crippen molar-refractivity contribution in [3.8, 4) is 5.75 Å². The van der Waals surface area contributed by atoms with Crippen LogP contribution in [-0.4, -0.2) is 30.6 Å². The third-order valence-corrected chi connectivity index (χ3v) is 2.33. The Morgan fingerprint density at radius 1 is 0.913 bits per heavy atom. The zero-order valence-electron chi connectivity index (χ0n) is 11.4. The summed E-state index contributed by atoms with van der Waals surface area (Å²) in [5.74, 6) is -14.1. The lowest BCUT2D eigenvalue weighted by atomic mass is 10.2. The highest BCUT2D eigenvalue weighted by Gasteiger charge is 2.29. The molecule has 0 saturated carbocycles. The number of halogens is 5. The second-order valence-electron chi connectivity index (χ2n) is 4.24. The summed E-state index contributed by atoms with van der Waals surface area (Å²) in [6.07, 6.45) is -3.31. The number of carbonyl (C=O) groups is 2. The number of hydrogen-bond acceptors (Lipinski definition) is 5. The molecule has 0 saturated heterocycles. The minimum Gasteiger partial charge on any atom is -0.450 e. The standard InChI is InChI=1S/C12H9F5O6/c1-4(2-21-11(18)19)3-22-12(20)23-10-8(16)6(14)5(13)7(15)9(10)17/h4H,2-3H2,1H3,(H,18,19). The zero-order chi connectivity index (χ0) is 17.7. The van der Waals surface area contributed by atoms with Crippen LogP contribution >= 0.6 is 0 Å². The second kappa shape index (κ2) is 7.61. The van der Waals surface area contributed by atoms with Gasteiger partial charge >= 0.3 is 12.3 Å². The van der Waals surface area contributed by atoms with Gasteiger partial charge in [-0.15, -0.1) is 0 Å². The fourth-order valence-corrected chi connectivity index (χ4v) is 1.26. The third kappa shape index (κ3) is 4.69. The quantitative estimate of drug-likeness (QED) is 0.290. The van der Waals surface area contributed by atoms with Gasteiger partial charge in [0.05, 0.1) is 0 Å². The molecule has 23 heavy (non-hydrogen) atoms. The van der Waals surface area contributed by atoms with E-state index in [9.17, 15) is 31.5 Å². The summed E-state index contributed by atoms with van der Waals surface area (Å²) in [4.78, 5) is 21.3. The van der Waals surface area contributed by atoms with Crippen LogP contribution in [0.1, 0.15) is 6.92 Å². The van der Waals surface area contributed by atoms with Crippen LogP contribution in [0.25, 0.3) is 0 Å². The molecule has 0 aliphatic rings. The first kappa shape index (κ1) is 18.5. The summed E-state index contributed by atoms with van der Waals surface area (Å²) in [7, 11) is 0. The molecule has 6 nitrogen and oxygen atoms in total. The predicted octanol–water partition coefficient (Wildman–Crippen LogP) is 3.23. The number of benzene rings is 1. The smallest absolute Gasteiger partial charge is 0.450 e. The molecular formula is C12H9F5O6. The molecule has 0 radical (unpaired) electrons. The van der Waals surface area contributed by atoms with E-state index in [1.54, 1.807) is 0 Å². The molecule has 1 unspecified atom stereocenters. The van der Waals surface area contributed by atoms with E-state index in [1.807, 2.05) is 0 Å². The number of rotatable bonds is 5. The Labute approximate surface area is 125 Å². The van der Waals surface area contributed by atoms with Crippen LogP contribution in [0.3, 0.4) is 0 Å². The zero-order valence-corrected chi connectivity index (χ0v) is 11.4. The molecule has 1 aromatic rings. The summed E-state index contributed by atoms with van der Waals surface area (Å²) in [6.45, 7) is 0.557. The van der Waals surface area contributed by atoms with Crippen LogP contribution in [0.15, 0.2) is 0 Å². The number of carboxylic acid groups (broad SMARTS) is 1. The molecule has 0 aromatic heterocycles. The largest absolute Gasteiger partial charge is 0.514 e. The first-order valence-corrected chi connectivity index (χ1v) is 5.86. The maximum absolute atomic E-state index is 13.2. The topological polar surface area (TPSA) is 82.1 Å². The van der Waals surface area contributed by atoms with Gasteiger partial charge in [-0.05, 0) is 0 Å². The Morgan fingerprint density at radius 2 is 1.35 bits per heavy atom. The highest BCUT2D eigenvalue weighted by atomic mass is 19.2. The summed E-state index contributed by atoms with van der Waals surface area (Å²) < 4.78 is 77.5. The lowest BCUT2D eigenvalue weighted by molar-refractivity contribution is 0.0495. The van der Waals surface area contributed by atoms with Crippen molar-refractivity contribution in [2.75, 3.05) is 13.2 Å². The van der Waals surface area contributed by atoms with Gasteiger partial charge in [0.2, 0.25) is 34.8 Å². The minimum absolute atomic E-state index is 0.356. The van der Waals surface area contributed by atoms with Crippen molar-refractivity contribution in [1.82, 2.24) is 0 Å². The van der Waals surface area contributed by atoms with Crippen LogP contribution in [0.4, 0.5) is 31.5 Å². The molecule has 128 valence electrons. The van der Waals surface area contributed by atoms with Crippen molar-refractivity contribution in [3.63, 3.8) is 0 Å². The van der Waals surface area contributed by atoms with E-state index in [0.717, 1.165) is 0 Å². The molecule has 1 rings (SSSR count). The van der Waals surface area contributed by atoms with Crippen molar-refractivity contribution in [3.05, 3.63) is 29.1 Å². The average molecular weight is 344 g/mol. The lowest BCUT2D eigenvalue weighted by Gasteiger charge is -2.12. The maximum atomic E-state index is 13.2. The SMILES string of the molecule is CC(COC(=O)O)COC(=O)Oc1c(F)c(F)c(F)c(F)c1F. The highest BCUT2D eigenvalue weighted by Crippen LogP contribution is 2.29. The van der Waals surface area contributed by atoms with Crippen molar-refractivity contribution in [2.24, 2.45) is 5.92 Å². The minimum atomic E-state index is -2.40. The molecule has 0 aliphatic carbocycles. The van der Waals surface area contributed by atoms with Gasteiger partial charge in [0.25, 0.3) is 0 Å². The van der Waals surface area contributed by atoms with Crippen LogP contribution in [0.2, 0.25) is 0 Å². The Bertz CT molecular complexity index is 591. The molecule has 0 amide bonds. The maximum Gasteiger partial charge on any atom is 0.514 e. The molecule has 1 atom stereocenters. The molecular weight excluding hydrogens is 335 g/mol. The fourth-order valence-electron chi connectivity index (χ4n) is 1.26. The van der Waals surface area contributed by atoms with Gasteiger partial charge in [0, 0.05) is 5.92 Å². The fraction of sp³-hybridized carbons (Fsp3) is 0.333. The van der Waals surface area contributed by atoms with Gasteiger partial charge < -0.3 is 19.3 Å². The average Bonchev–Trinajstić information content (AvgIpc) is 2.51. The van der Waals surface area contributed by atoms with Crippen molar-refractivity contribution < 1.29 is 50.9 Å². The third-order valence-electron chi connectivity index (χ3n) is 2.33. The number of carbonyl (C=O) groups excluding carboxylic acids is 1. The van der Waals surface area contributed by atoms with Crippen molar-refractivity contribution in [2.45, 2.75) is 6.92 Å². The second-order valence-corrected chi connectivity index (χ2v) is 4.24. The summed E-state index contributed by atoms with van der Waals surface area (Å²) in [6, 6.07) is 0. The van der Waals surface area contributed by atoms with Gasteiger partial charge in [-0.1, -0.05) is 6.92 Å². The van der Waals surface area contributed by atoms with E-state index in [0.29, 0.717) is 0 Å². The lowest BCUT2D eigenvalue weighted by Crippen LogP contribution is -2.20. The first-order chi connectivity index (χ1) is 10.6. The summed E-state index contributed by atoms with van der Waals surface area (Å²) >= 11 is 0. The number of ether oxygens (including phenoxy) is 3. The Balaban J connectivity index is 2.70. The number of hydrogen-bond donors (Lipinski definition) is 1. The summed E-state index contributed by atoms with van der Waals surface area (Å²) in [5.41, 5.74) is 0. The van der Waals surface area contributed by atoms with Gasteiger partial charge in [-0.25, -0.2) is 22.8 Å². The molecule has 0 spiro atoms. The molecule has 0 heterocycles. The van der Waals surface area contributed by atoms with Crippen LogP contribution in [-0.2, 0) is 9.47 Å². The normalized spacial score (nSPS) is 11.7. The highest BCUT2D eigenvalue weighted by molar-refractivity contribution is 5.64. The van der Waals surface area contributed by atoms with Gasteiger partial charge in [0.1, 0.15) is 13.2 Å². The van der Waals surface area contributed by atoms with Crippen LogP contribution in [0.5, 0.6) is 5.75 Å². The molecule has 11 heteroatoms. The molecule has 0 aliphatic heterocycles. The molecule has 1 aromatic carbocycles. The predicted molar refractivity (Wildman–Crippen MR) is 61.3 cm³/mol. The van der Waals surface area contributed by atoms with Crippen molar-refractivity contribution >= 4 is 12.3 Å². The van der Waals surface area contributed by atoms with E-state index in [1.165, 1.54) is 6.92 Å². The van der Waals surface area contributed by atoms with E-state index >= 15 is 0 Å². The van der Waals surface area contributed by atoms with Gasteiger partial charge in [0.15, 0.2) is 0 Å². The van der Waals surface area contributed by atoms with Gasteiger partial charge in [-0.3, -0.25) is 0 Å². The van der Waals surface area contributed by atoms with Crippen molar-refractivity contribution in [1.29, 1.82) is 0 Å².